The second-order valence-electron chi connectivity index (χ2n) is 6.68. The van der Waals surface area contributed by atoms with Gasteiger partial charge in [0.1, 0.15) is 5.82 Å². The van der Waals surface area contributed by atoms with Gasteiger partial charge in [0.2, 0.25) is 11.8 Å². The van der Waals surface area contributed by atoms with Crippen LogP contribution in [0.2, 0.25) is 0 Å². The Labute approximate surface area is 184 Å². The number of thioether (sulfide) groups is 1. The molecule has 3 aromatic rings. The van der Waals surface area contributed by atoms with Crippen molar-refractivity contribution in [2.45, 2.75) is 36.0 Å². The molecule has 1 N–H and O–H groups in total. The van der Waals surface area contributed by atoms with Gasteiger partial charge in [-0.2, -0.15) is 0 Å². The molecule has 1 aromatic heterocycles. The number of carbonyl (C=O) groups is 1. The Morgan fingerprint density at radius 2 is 1.81 bits per heavy atom. The number of halogens is 1. The van der Waals surface area contributed by atoms with Crippen molar-refractivity contribution in [3.63, 3.8) is 0 Å². The van der Waals surface area contributed by atoms with Gasteiger partial charge in [0, 0.05) is 11.3 Å². The van der Waals surface area contributed by atoms with Crippen LogP contribution in [0.1, 0.15) is 31.2 Å². The molecule has 1 amide bonds. The van der Waals surface area contributed by atoms with Gasteiger partial charge in [0.15, 0.2) is 9.84 Å². The topological polar surface area (TPSA) is 102 Å². The van der Waals surface area contributed by atoms with Gasteiger partial charge in [-0.3, -0.25) is 10.1 Å². The van der Waals surface area contributed by atoms with E-state index in [2.05, 4.69) is 22.4 Å². The Morgan fingerprint density at radius 3 is 2.48 bits per heavy atom. The first-order valence-corrected chi connectivity index (χ1v) is 12.3. The minimum atomic E-state index is -3.58. The Balaban J connectivity index is 1.46. The highest BCUT2D eigenvalue weighted by Gasteiger charge is 2.16. The van der Waals surface area contributed by atoms with Crippen molar-refractivity contribution in [3.8, 4) is 0 Å². The first-order chi connectivity index (χ1) is 14.9. The van der Waals surface area contributed by atoms with E-state index in [1.807, 2.05) is 24.3 Å². The Hall–Kier alpha value is -2.72. The minimum Gasteiger partial charge on any atom is -0.407 e. The lowest BCUT2D eigenvalue weighted by molar-refractivity contribution is -0.116. The summed E-state index contributed by atoms with van der Waals surface area (Å²) in [6.45, 7) is 2.09. The summed E-state index contributed by atoms with van der Waals surface area (Å²) in [5.41, 5.74) is 1.01. The number of nitrogens with zero attached hydrogens (tertiary/aromatic N) is 2. The molecule has 31 heavy (non-hydrogen) atoms. The lowest BCUT2D eigenvalue weighted by atomic mass is 10.1. The zero-order valence-corrected chi connectivity index (χ0v) is 18.5. The van der Waals surface area contributed by atoms with Crippen molar-refractivity contribution < 1.29 is 22.0 Å². The van der Waals surface area contributed by atoms with Crippen molar-refractivity contribution in [3.05, 3.63) is 65.8 Å². The number of carbonyl (C=O) groups excluding carboxylic acids is 1. The van der Waals surface area contributed by atoms with E-state index in [4.69, 9.17) is 4.42 Å². The molecule has 1 heterocycles. The summed E-state index contributed by atoms with van der Waals surface area (Å²) in [5, 5.41) is 10.2. The smallest absolute Gasteiger partial charge is 0.322 e. The maximum absolute atomic E-state index is 12.9. The van der Waals surface area contributed by atoms with E-state index in [-0.39, 0.29) is 29.5 Å². The minimum absolute atomic E-state index is 0.0252. The third-order valence-corrected chi connectivity index (χ3v) is 7.00. The van der Waals surface area contributed by atoms with Crippen molar-refractivity contribution in [1.29, 1.82) is 0 Å². The fourth-order valence-electron chi connectivity index (χ4n) is 2.78. The number of sulfone groups is 1. The van der Waals surface area contributed by atoms with E-state index < -0.39 is 21.6 Å². The predicted octanol–water partition coefficient (Wildman–Crippen LogP) is 4.10. The van der Waals surface area contributed by atoms with E-state index >= 15 is 0 Å². The molecular formula is C21H22FN3O4S2. The van der Waals surface area contributed by atoms with Crippen LogP contribution in [0.5, 0.6) is 0 Å². The number of nitrogens with one attached hydrogen (secondary N) is 1. The molecule has 2 aromatic carbocycles. The summed E-state index contributed by atoms with van der Waals surface area (Å²) in [5.74, 6) is 0.206. The largest absolute Gasteiger partial charge is 0.407 e. The number of benzene rings is 2. The molecule has 0 aliphatic heterocycles. The van der Waals surface area contributed by atoms with Crippen molar-refractivity contribution in [2.24, 2.45) is 0 Å². The fraction of sp³-hybridized carbons (Fsp3) is 0.286. The van der Waals surface area contributed by atoms with Crippen LogP contribution in [0.15, 0.2) is 62.7 Å². The summed E-state index contributed by atoms with van der Waals surface area (Å²) < 4.78 is 42.8. The Kier molecular flexibility index (Phi) is 7.80. The summed E-state index contributed by atoms with van der Waals surface area (Å²) >= 11 is 1.76. The molecular weight excluding hydrogens is 441 g/mol. The van der Waals surface area contributed by atoms with E-state index in [9.17, 15) is 17.6 Å². The molecule has 0 saturated carbocycles. The first kappa shape index (κ1) is 23.0. The van der Waals surface area contributed by atoms with Gasteiger partial charge >= 0.3 is 6.01 Å². The molecule has 0 fully saturated rings. The molecule has 3 rings (SSSR count). The SMILES string of the molecule is CCSc1ccc(Cc2nnc(NC(=O)CCCS(=O)(=O)c3ccc(F)cc3)o2)cc1. The van der Waals surface area contributed by atoms with E-state index in [1.165, 1.54) is 17.0 Å². The van der Waals surface area contributed by atoms with Crippen LogP contribution in [0.3, 0.4) is 0 Å². The fourth-order valence-corrected chi connectivity index (χ4v) is 4.76. The highest BCUT2D eigenvalue weighted by molar-refractivity contribution is 7.99. The molecule has 10 heteroatoms. The van der Waals surface area contributed by atoms with Gasteiger partial charge in [-0.1, -0.05) is 24.2 Å². The van der Waals surface area contributed by atoms with Crippen LogP contribution in [0.4, 0.5) is 10.4 Å². The molecule has 0 aliphatic carbocycles. The van der Waals surface area contributed by atoms with E-state index in [0.29, 0.717) is 12.3 Å². The maximum atomic E-state index is 12.9. The van der Waals surface area contributed by atoms with Crippen LogP contribution >= 0.6 is 11.8 Å². The van der Waals surface area contributed by atoms with Gasteiger partial charge in [0.25, 0.3) is 0 Å². The molecule has 0 saturated heterocycles. The number of rotatable bonds is 10. The molecule has 0 bridgehead atoms. The van der Waals surface area contributed by atoms with Crippen LogP contribution in [0, 0.1) is 5.82 Å². The highest BCUT2D eigenvalue weighted by atomic mass is 32.2. The molecule has 0 radical (unpaired) electrons. The third kappa shape index (κ3) is 6.90. The van der Waals surface area contributed by atoms with Crippen LogP contribution in [-0.2, 0) is 21.1 Å². The second kappa shape index (κ2) is 10.5. The molecule has 0 atom stereocenters. The summed E-state index contributed by atoms with van der Waals surface area (Å²) in [7, 11) is -3.58. The Morgan fingerprint density at radius 1 is 1.10 bits per heavy atom. The number of aromatic nitrogens is 2. The van der Waals surface area contributed by atoms with Crippen LogP contribution in [0.25, 0.3) is 0 Å². The quantitative estimate of drug-likeness (QED) is 0.357. The summed E-state index contributed by atoms with van der Waals surface area (Å²) in [6, 6.07) is 12.6. The number of amides is 1. The second-order valence-corrected chi connectivity index (χ2v) is 10.1. The lowest BCUT2D eigenvalue weighted by Crippen LogP contribution is -2.14. The van der Waals surface area contributed by atoms with Crippen molar-refractivity contribution in [2.75, 3.05) is 16.8 Å². The highest BCUT2D eigenvalue weighted by Crippen LogP contribution is 2.19. The van der Waals surface area contributed by atoms with Crippen LogP contribution in [-0.4, -0.2) is 36.0 Å². The van der Waals surface area contributed by atoms with Gasteiger partial charge in [-0.25, -0.2) is 12.8 Å². The average molecular weight is 464 g/mol. The number of hydrogen-bond acceptors (Lipinski definition) is 7. The van der Waals surface area contributed by atoms with Crippen molar-refractivity contribution >= 4 is 33.5 Å². The van der Waals surface area contributed by atoms with Gasteiger partial charge in [-0.05, 0) is 54.1 Å². The summed E-state index contributed by atoms with van der Waals surface area (Å²) in [6.07, 6.45) is 0.513. The summed E-state index contributed by atoms with van der Waals surface area (Å²) in [4.78, 5) is 13.3. The number of hydrogen-bond donors (Lipinski definition) is 1. The van der Waals surface area contributed by atoms with Crippen molar-refractivity contribution in [1.82, 2.24) is 10.2 Å². The maximum Gasteiger partial charge on any atom is 0.322 e. The molecule has 0 unspecified atom stereocenters. The van der Waals surface area contributed by atoms with Gasteiger partial charge in [0.05, 0.1) is 17.1 Å². The zero-order valence-electron chi connectivity index (χ0n) is 16.9. The van der Waals surface area contributed by atoms with E-state index in [1.54, 1.807) is 11.8 Å². The van der Waals surface area contributed by atoms with Gasteiger partial charge in [-0.15, -0.1) is 16.9 Å². The van der Waals surface area contributed by atoms with E-state index in [0.717, 1.165) is 23.4 Å². The van der Waals surface area contributed by atoms with Gasteiger partial charge < -0.3 is 4.42 Å². The lowest BCUT2D eigenvalue weighted by Gasteiger charge is -2.04. The average Bonchev–Trinajstić information content (AvgIpc) is 3.16. The molecule has 164 valence electrons. The Bertz CT molecular complexity index is 1110. The number of anilines is 1. The molecule has 0 spiro atoms. The first-order valence-electron chi connectivity index (χ1n) is 9.68. The molecule has 7 nitrogen and oxygen atoms in total. The monoisotopic (exact) mass is 463 g/mol. The normalized spacial score (nSPS) is 11.4. The zero-order chi connectivity index (χ0) is 22.3. The van der Waals surface area contributed by atoms with Crippen LogP contribution < -0.4 is 5.32 Å². The molecule has 0 aliphatic rings. The standard InChI is InChI=1S/C21H22FN3O4S2/c1-2-30-17-9-5-15(6-10-17)14-20-24-25-21(29-20)23-19(26)4-3-13-31(27,28)18-11-7-16(22)8-12-18/h5-12H,2-4,13-14H2,1H3,(H,23,25,26). The predicted molar refractivity (Wildman–Crippen MR) is 116 cm³/mol. The third-order valence-electron chi connectivity index (χ3n) is 4.29.